The van der Waals surface area contributed by atoms with Crippen LogP contribution in [0.25, 0.3) is 0 Å². The Morgan fingerprint density at radius 3 is 2.52 bits per heavy atom. The number of imide groups is 1. The van der Waals surface area contributed by atoms with E-state index in [2.05, 4.69) is 0 Å². The number of rotatable bonds is 4. The summed E-state index contributed by atoms with van der Waals surface area (Å²) in [5.41, 5.74) is 0. The molecule has 1 aromatic rings. The van der Waals surface area contributed by atoms with Gasteiger partial charge in [0.05, 0.1) is 28.8 Å². The first kappa shape index (κ1) is 16.6. The number of benzene rings is 1. The first-order chi connectivity index (χ1) is 10.8. The summed E-state index contributed by atoms with van der Waals surface area (Å²) in [5.74, 6) is 0.239. The maximum absolute atomic E-state index is 12.5. The number of nitrogens with zero attached hydrogens (tertiary/aromatic N) is 2. The molecule has 124 valence electrons. The van der Waals surface area contributed by atoms with Gasteiger partial charge in [-0.05, 0) is 18.2 Å². The van der Waals surface area contributed by atoms with Gasteiger partial charge in [0.1, 0.15) is 5.75 Å². The van der Waals surface area contributed by atoms with E-state index in [1.165, 1.54) is 29.6 Å². The molecule has 0 N–H and O–H groups in total. The van der Waals surface area contributed by atoms with Crippen LogP contribution in [-0.4, -0.2) is 60.8 Å². The smallest absolute Gasteiger partial charge is 0.289 e. The monoisotopic (exact) mass is 376 g/mol. The van der Waals surface area contributed by atoms with E-state index in [1.54, 1.807) is 0 Å². The number of thioether (sulfide) groups is 1. The molecule has 0 saturated carbocycles. The SMILES string of the molecule is COc1ccc(S(=O)(=O)N2CC(N3C(=O)CSC3=O)C2)cc1Cl. The number of halogens is 1. The molecule has 3 rings (SSSR count). The van der Waals surface area contributed by atoms with Gasteiger partial charge in [-0.25, -0.2) is 8.42 Å². The van der Waals surface area contributed by atoms with Crippen LogP contribution in [0.15, 0.2) is 23.1 Å². The lowest BCUT2D eigenvalue weighted by Gasteiger charge is -2.41. The summed E-state index contributed by atoms with van der Waals surface area (Å²) in [6.45, 7) is 0.202. The average Bonchev–Trinajstić information content (AvgIpc) is 2.77. The van der Waals surface area contributed by atoms with Crippen LogP contribution in [-0.2, 0) is 14.8 Å². The van der Waals surface area contributed by atoms with Crippen molar-refractivity contribution in [2.45, 2.75) is 10.9 Å². The van der Waals surface area contributed by atoms with E-state index < -0.39 is 16.1 Å². The van der Waals surface area contributed by atoms with Crippen LogP contribution in [0.3, 0.4) is 0 Å². The average molecular weight is 377 g/mol. The molecular formula is C13H13ClN2O5S2. The molecule has 10 heteroatoms. The fourth-order valence-corrected chi connectivity index (χ4v) is 5.09. The molecule has 0 spiro atoms. The lowest BCUT2D eigenvalue weighted by Crippen LogP contribution is -2.61. The van der Waals surface area contributed by atoms with E-state index in [1.807, 2.05) is 0 Å². The third-order valence-electron chi connectivity index (χ3n) is 3.74. The molecule has 7 nitrogen and oxygen atoms in total. The summed E-state index contributed by atoms with van der Waals surface area (Å²) >= 11 is 6.90. The van der Waals surface area contributed by atoms with Gasteiger partial charge in [-0.1, -0.05) is 23.4 Å². The summed E-state index contributed by atoms with van der Waals surface area (Å²) in [4.78, 5) is 24.5. The third-order valence-corrected chi connectivity index (χ3v) is 6.70. The van der Waals surface area contributed by atoms with Crippen molar-refractivity contribution in [3.05, 3.63) is 23.2 Å². The molecule has 0 aliphatic carbocycles. The van der Waals surface area contributed by atoms with Gasteiger partial charge >= 0.3 is 0 Å². The number of hydrogen-bond donors (Lipinski definition) is 0. The molecule has 2 amide bonds. The first-order valence-electron chi connectivity index (χ1n) is 6.67. The van der Waals surface area contributed by atoms with Gasteiger partial charge in [0, 0.05) is 13.1 Å². The van der Waals surface area contributed by atoms with Crippen molar-refractivity contribution in [2.75, 3.05) is 26.0 Å². The van der Waals surface area contributed by atoms with E-state index >= 15 is 0 Å². The minimum atomic E-state index is -3.71. The van der Waals surface area contributed by atoms with E-state index in [-0.39, 0.29) is 39.9 Å². The van der Waals surface area contributed by atoms with Crippen molar-refractivity contribution in [3.63, 3.8) is 0 Å². The molecule has 2 aliphatic rings. The highest BCUT2D eigenvalue weighted by molar-refractivity contribution is 8.14. The lowest BCUT2D eigenvalue weighted by atomic mass is 10.1. The van der Waals surface area contributed by atoms with Crippen molar-refractivity contribution < 1.29 is 22.7 Å². The zero-order valence-corrected chi connectivity index (χ0v) is 14.4. The number of sulfonamides is 1. The number of ether oxygens (including phenoxy) is 1. The quantitative estimate of drug-likeness (QED) is 0.790. The molecule has 1 aromatic carbocycles. The molecule has 23 heavy (non-hydrogen) atoms. The van der Waals surface area contributed by atoms with Crippen LogP contribution in [0, 0.1) is 0 Å². The van der Waals surface area contributed by atoms with Gasteiger partial charge in [-0.2, -0.15) is 4.31 Å². The van der Waals surface area contributed by atoms with Gasteiger partial charge < -0.3 is 4.74 Å². The molecule has 2 heterocycles. The van der Waals surface area contributed by atoms with Crippen molar-refractivity contribution in [3.8, 4) is 5.75 Å². The molecule has 2 aliphatic heterocycles. The predicted octanol–water partition coefficient (Wildman–Crippen LogP) is 1.42. The highest BCUT2D eigenvalue weighted by Crippen LogP contribution is 2.32. The van der Waals surface area contributed by atoms with Gasteiger partial charge in [-0.15, -0.1) is 0 Å². The molecule has 2 saturated heterocycles. The van der Waals surface area contributed by atoms with E-state index in [4.69, 9.17) is 16.3 Å². The Bertz CT molecular complexity index is 761. The fraction of sp³-hybridized carbons (Fsp3) is 0.385. The highest BCUT2D eigenvalue weighted by Gasteiger charge is 2.46. The van der Waals surface area contributed by atoms with E-state index in [0.717, 1.165) is 16.7 Å². The van der Waals surface area contributed by atoms with Crippen LogP contribution in [0.4, 0.5) is 4.79 Å². The third kappa shape index (κ3) is 2.82. The Balaban J connectivity index is 1.74. The van der Waals surface area contributed by atoms with Crippen LogP contribution >= 0.6 is 23.4 Å². The van der Waals surface area contributed by atoms with Gasteiger partial charge in [-0.3, -0.25) is 14.5 Å². The first-order valence-corrected chi connectivity index (χ1v) is 9.47. The zero-order valence-electron chi connectivity index (χ0n) is 12.1. The van der Waals surface area contributed by atoms with Crippen molar-refractivity contribution >= 4 is 44.5 Å². The lowest BCUT2D eigenvalue weighted by molar-refractivity contribution is -0.127. The standard InChI is InChI=1S/C13H13ClN2O5S2/c1-21-11-3-2-9(4-10(11)14)23(19,20)15-5-8(6-15)16-12(17)7-22-13(16)18/h2-4,8H,5-7H2,1H3. The molecule has 0 bridgehead atoms. The number of carbonyl (C=O) groups is 2. The van der Waals surface area contributed by atoms with Crippen molar-refractivity contribution in [2.24, 2.45) is 0 Å². The summed E-state index contributed by atoms with van der Waals surface area (Å²) in [7, 11) is -2.27. The topological polar surface area (TPSA) is 84.0 Å². The van der Waals surface area contributed by atoms with Crippen LogP contribution in [0.5, 0.6) is 5.75 Å². The van der Waals surface area contributed by atoms with E-state index in [0.29, 0.717) is 5.75 Å². The summed E-state index contributed by atoms with van der Waals surface area (Å²) in [6.07, 6.45) is 0. The molecule has 0 atom stereocenters. The van der Waals surface area contributed by atoms with Crippen LogP contribution in [0.1, 0.15) is 0 Å². The maximum atomic E-state index is 12.5. The second-order valence-electron chi connectivity index (χ2n) is 5.09. The minimum absolute atomic E-state index is 0.0511. The Morgan fingerprint density at radius 1 is 1.30 bits per heavy atom. The fourth-order valence-electron chi connectivity index (χ4n) is 2.45. The number of hydrogen-bond acceptors (Lipinski definition) is 6. The summed E-state index contributed by atoms with van der Waals surface area (Å²) in [5, 5.41) is -0.114. The highest BCUT2D eigenvalue weighted by atomic mass is 35.5. The van der Waals surface area contributed by atoms with Crippen molar-refractivity contribution in [1.82, 2.24) is 9.21 Å². The van der Waals surface area contributed by atoms with Gasteiger partial charge in [0.2, 0.25) is 15.9 Å². The normalized spacial score (nSPS) is 20.0. The Hall–Kier alpha value is -1.29. The largest absolute Gasteiger partial charge is 0.495 e. The predicted molar refractivity (Wildman–Crippen MR) is 85.3 cm³/mol. The molecule has 0 unspecified atom stereocenters. The zero-order chi connectivity index (χ0) is 16.8. The number of amides is 2. The van der Waals surface area contributed by atoms with E-state index in [9.17, 15) is 18.0 Å². The molecular weight excluding hydrogens is 364 g/mol. The van der Waals surface area contributed by atoms with Gasteiger partial charge in [0.25, 0.3) is 5.24 Å². The number of methoxy groups -OCH3 is 1. The van der Waals surface area contributed by atoms with Gasteiger partial charge in [0.15, 0.2) is 0 Å². The number of carbonyl (C=O) groups excluding carboxylic acids is 2. The Labute approximate surface area is 142 Å². The second kappa shape index (κ2) is 5.97. The second-order valence-corrected chi connectivity index (χ2v) is 8.36. The van der Waals surface area contributed by atoms with Crippen molar-refractivity contribution in [1.29, 1.82) is 0 Å². The van der Waals surface area contributed by atoms with Crippen LogP contribution < -0.4 is 4.74 Å². The minimum Gasteiger partial charge on any atom is -0.495 e. The molecule has 0 radical (unpaired) electrons. The van der Waals surface area contributed by atoms with Crippen LogP contribution in [0.2, 0.25) is 5.02 Å². The Kier molecular flexibility index (Phi) is 4.30. The maximum Gasteiger partial charge on any atom is 0.289 e. The molecule has 0 aromatic heterocycles. The Morgan fingerprint density at radius 2 is 2.00 bits per heavy atom. The summed E-state index contributed by atoms with van der Waals surface area (Å²) in [6, 6.07) is 3.82. The molecule has 2 fully saturated rings. The summed E-state index contributed by atoms with van der Waals surface area (Å²) < 4.78 is 31.3.